The lowest BCUT2D eigenvalue weighted by Crippen LogP contribution is -2.15. The van der Waals surface area contributed by atoms with Crippen molar-refractivity contribution in [3.05, 3.63) is 34.4 Å². The largest absolute Gasteiger partial charge is 0.396 e. The van der Waals surface area contributed by atoms with Gasteiger partial charge < -0.3 is 5.11 Å². The molecule has 0 aliphatic carbocycles. The van der Waals surface area contributed by atoms with Gasteiger partial charge >= 0.3 is 0 Å². The molecule has 0 aromatic heterocycles. The van der Waals surface area contributed by atoms with Crippen LogP contribution in [0.25, 0.3) is 0 Å². The number of hydrogen-bond acceptors (Lipinski definition) is 3. The van der Waals surface area contributed by atoms with Crippen LogP contribution in [0.3, 0.4) is 0 Å². The molecule has 0 atom stereocenters. The van der Waals surface area contributed by atoms with E-state index in [1.54, 1.807) is 0 Å². The molecule has 1 N–H and O–H groups in total. The van der Waals surface area contributed by atoms with Gasteiger partial charge in [0, 0.05) is 6.61 Å². The fourth-order valence-corrected chi connectivity index (χ4v) is 4.24. The summed E-state index contributed by atoms with van der Waals surface area (Å²) in [5, 5.41) is 8.75. The number of aliphatic hydroxyl groups is 1. The van der Waals surface area contributed by atoms with E-state index in [1.165, 1.54) is 5.56 Å². The predicted octanol–water partition coefficient (Wildman–Crippen LogP) is 3.68. The van der Waals surface area contributed by atoms with E-state index in [1.807, 2.05) is 13.8 Å². The molecule has 0 saturated carbocycles. The molecule has 0 amide bonds. The SMILES string of the molecule is Cc1cc(C(C)(C)C)cc(C)c1CS(=O)(=O)CCCCCO. The highest BCUT2D eigenvalue weighted by Gasteiger charge is 2.19. The van der Waals surface area contributed by atoms with Gasteiger partial charge in [0.05, 0.1) is 11.5 Å². The summed E-state index contributed by atoms with van der Waals surface area (Å²) >= 11 is 0. The number of hydrogen-bond donors (Lipinski definition) is 1. The van der Waals surface area contributed by atoms with Crippen molar-refractivity contribution in [2.75, 3.05) is 12.4 Å². The summed E-state index contributed by atoms with van der Waals surface area (Å²) in [6.45, 7) is 10.6. The van der Waals surface area contributed by atoms with Crippen LogP contribution in [0.15, 0.2) is 12.1 Å². The first-order chi connectivity index (χ1) is 10.1. The average Bonchev–Trinajstić information content (AvgIpc) is 2.38. The van der Waals surface area contributed by atoms with Gasteiger partial charge in [-0.3, -0.25) is 0 Å². The first kappa shape index (κ1) is 19.2. The summed E-state index contributed by atoms with van der Waals surface area (Å²) in [5.41, 5.74) is 4.37. The van der Waals surface area contributed by atoms with Gasteiger partial charge in [0.25, 0.3) is 0 Å². The standard InChI is InChI=1S/C18H30O3S/c1-14-11-16(18(3,4)5)12-15(2)17(14)13-22(20,21)10-8-6-7-9-19/h11-12,19H,6-10,13H2,1-5H3. The summed E-state index contributed by atoms with van der Waals surface area (Å²) in [4.78, 5) is 0. The minimum absolute atomic E-state index is 0.0667. The zero-order chi connectivity index (χ0) is 17.0. The fourth-order valence-electron chi connectivity index (χ4n) is 2.56. The maximum atomic E-state index is 12.3. The zero-order valence-electron chi connectivity index (χ0n) is 14.6. The van der Waals surface area contributed by atoms with Crippen molar-refractivity contribution in [3.8, 4) is 0 Å². The first-order valence-corrected chi connectivity index (χ1v) is 9.81. The molecule has 0 saturated heterocycles. The van der Waals surface area contributed by atoms with Gasteiger partial charge in [-0.2, -0.15) is 0 Å². The minimum Gasteiger partial charge on any atom is -0.396 e. The second kappa shape index (κ2) is 7.60. The van der Waals surface area contributed by atoms with E-state index in [0.29, 0.717) is 12.8 Å². The minimum atomic E-state index is -3.09. The molecule has 1 rings (SSSR count). The van der Waals surface area contributed by atoms with Crippen LogP contribution in [0.1, 0.15) is 62.3 Å². The van der Waals surface area contributed by atoms with E-state index in [9.17, 15) is 8.42 Å². The van der Waals surface area contributed by atoms with E-state index in [4.69, 9.17) is 5.11 Å². The number of aliphatic hydroxyl groups excluding tert-OH is 1. The van der Waals surface area contributed by atoms with Crippen molar-refractivity contribution >= 4 is 9.84 Å². The summed E-state index contributed by atoms with van der Waals surface area (Å²) in [6.07, 6.45) is 2.06. The lowest BCUT2D eigenvalue weighted by Gasteiger charge is -2.22. The highest BCUT2D eigenvalue weighted by atomic mass is 32.2. The predicted molar refractivity (Wildman–Crippen MR) is 93.0 cm³/mol. The summed E-state index contributed by atoms with van der Waals surface area (Å²) < 4.78 is 24.6. The third kappa shape index (κ3) is 5.73. The van der Waals surface area contributed by atoms with Gasteiger partial charge in [-0.05, 0) is 54.4 Å². The highest BCUT2D eigenvalue weighted by molar-refractivity contribution is 7.90. The molecule has 0 heterocycles. The molecule has 0 fully saturated rings. The molecule has 126 valence electrons. The molecule has 4 heteroatoms. The quantitative estimate of drug-likeness (QED) is 0.778. The first-order valence-electron chi connectivity index (χ1n) is 7.99. The highest BCUT2D eigenvalue weighted by Crippen LogP contribution is 2.28. The number of aryl methyl sites for hydroxylation is 2. The van der Waals surface area contributed by atoms with Crippen molar-refractivity contribution in [2.24, 2.45) is 0 Å². The lowest BCUT2D eigenvalue weighted by atomic mass is 9.84. The number of sulfone groups is 1. The Morgan fingerprint density at radius 3 is 2.00 bits per heavy atom. The number of unbranched alkanes of at least 4 members (excludes halogenated alkanes) is 2. The Morgan fingerprint density at radius 2 is 1.55 bits per heavy atom. The van der Waals surface area contributed by atoms with Gasteiger partial charge in [-0.25, -0.2) is 8.42 Å². The van der Waals surface area contributed by atoms with E-state index in [0.717, 1.165) is 23.1 Å². The van der Waals surface area contributed by atoms with E-state index < -0.39 is 9.84 Å². The Balaban J connectivity index is 2.90. The van der Waals surface area contributed by atoms with Gasteiger partial charge in [0.15, 0.2) is 9.84 Å². The van der Waals surface area contributed by atoms with Crippen LogP contribution >= 0.6 is 0 Å². The van der Waals surface area contributed by atoms with Crippen LogP contribution in [0.2, 0.25) is 0 Å². The van der Waals surface area contributed by atoms with Crippen LogP contribution in [0, 0.1) is 13.8 Å². The molecule has 3 nitrogen and oxygen atoms in total. The molecule has 1 aromatic rings. The molecular formula is C18H30O3S. The molecule has 0 bridgehead atoms. The Hall–Kier alpha value is -0.870. The van der Waals surface area contributed by atoms with E-state index in [2.05, 4.69) is 32.9 Å². The lowest BCUT2D eigenvalue weighted by molar-refractivity contribution is 0.284. The average molecular weight is 327 g/mol. The summed E-state index contributed by atoms with van der Waals surface area (Å²) in [6, 6.07) is 4.23. The van der Waals surface area contributed by atoms with Crippen molar-refractivity contribution in [1.82, 2.24) is 0 Å². The molecule has 22 heavy (non-hydrogen) atoms. The fraction of sp³-hybridized carbons (Fsp3) is 0.667. The Kier molecular flexibility index (Phi) is 6.63. The zero-order valence-corrected chi connectivity index (χ0v) is 15.4. The van der Waals surface area contributed by atoms with Crippen LogP contribution in [0.5, 0.6) is 0 Å². The third-order valence-corrected chi connectivity index (χ3v) is 5.68. The third-order valence-electron chi connectivity index (χ3n) is 4.04. The Labute approximate surface area is 135 Å². The second-order valence-corrected chi connectivity index (χ2v) is 9.40. The molecular weight excluding hydrogens is 296 g/mol. The van der Waals surface area contributed by atoms with Gasteiger partial charge in [-0.15, -0.1) is 0 Å². The number of benzene rings is 1. The maximum absolute atomic E-state index is 12.3. The Morgan fingerprint density at radius 1 is 1.00 bits per heavy atom. The van der Waals surface area contributed by atoms with Gasteiger partial charge in [0.1, 0.15) is 0 Å². The van der Waals surface area contributed by atoms with Crippen LogP contribution in [-0.2, 0) is 21.0 Å². The van der Waals surface area contributed by atoms with E-state index in [-0.39, 0.29) is 23.5 Å². The maximum Gasteiger partial charge on any atom is 0.154 e. The molecule has 0 spiro atoms. The van der Waals surface area contributed by atoms with Crippen molar-refractivity contribution in [2.45, 2.75) is 65.0 Å². The van der Waals surface area contributed by atoms with Crippen molar-refractivity contribution in [1.29, 1.82) is 0 Å². The van der Waals surface area contributed by atoms with E-state index >= 15 is 0 Å². The summed E-state index contributed by atoms with van der Waals surface area (Å²) in [7, 11) is -3.09. The number of rotatable bonds is 7. The molecule has 0 unspecified atom stereocenters. The molecule has 0 radical (unpaired) electrons. The van der Waals surface area contributed by atoms with Crippen LogP contribution < -0.4 is 0 Å². The van der Waals surface area contributed by atoms with Crippen molar-refractivity contribution < 1.29 is 13.5 Å². The molecule has 0 aliphatic rings. The van der Waals surface area contributed by atoms with Crippen molar-refractivity contribution in [3.63, 3.8) is 0 Å². The van der Waals surface area contributed by atoms with Crippen LogP contribution in [-0.4, -0.2) is 25.9 Å². The van der Waals surface area contributed by atoms with Gasteiger partial charge in [0.2, 0.25) is 0 Å². The Bertz CT molecular complexity index is 572. The molecule has 0 aliphatic heterocycles. The summed E-state index contributed by atoms with van der Waals surface area (Å²) in [5.74, 6) is 0.321. The monoisotopic (exact) mass is 326 g/mol. The smallest absolute Gasteiger partial charge is 0.154 e. The molecule has 1 aromatic carbocycles. The second-order valence-electron chi connectivity index (χ2n) is 7.21. The topological polar surface area (TPSA) is 54.4 Å². The normalized spacial score (nSPS) is 12.6. The van der Waals surface area contributed by atoms with Gasteiger partial charge in [-0.1, -0.05) is 39.3 Å². The van der Waals surface area contributed by atoms with Crippen LogP contribution in [0.4, 0.5) is 0 Å².